The van der Waals surface area contributed by atoms with Crippen molar-refractivity contribution in [3.63, 3.8) is 0 Å². The molecule has 1 aromatic rings. The van der Waals surface area contributed by atoms with Crippen molar-refractivity contribution in [2.24, 2.45) is 0 Å². The number of carbonyl (C=O) groups excluding carboxylic acids is 1. The zero-order chi connectivity index (χ0) is 11.3. The molecule has 0 radical (unpaired) electrons. The fourth-order valence-corrected chi connectivity index (χ4v) is 1.34. The summed E-state index contributed by atoms with van der Waals surface area (Å²) in [6, 6.07) is 7.38. The molecule has 0 amide bonds. The Morgan fingerprint density at radius 3 is 2.60 bits per heavy atom. The molecule has 1 aromatic carbocycles. The molecule has 0 aliphatic carbocycles. The topological polar surface area (TPSA) is 38.3 Å². The van der Waals surface area contributed by atoms with E-state index in [1.54, 1.807) is 12.1 Å². The maximum Gasteiger partial charge on any atom is 0.307 e. The van der Waals surface area contributed by atoms with Gasteiger partial charge in [-0.05, 0) is 31.2 Å². The number of hydrogen-bond donors (Lipinski definition) is 1. The average molecular weight is 228 g/mol. The van der Waals surface area contributed by atoms with Crippen molar-refractivity contribution in [3.05, 3.63) is 29.3 Å². The molecule has 4 heteroatoms. The van der Waals surface area contributed by atoms with E-state index in [0.29, 0.717) is 11.4 Å². The molecule has 0 aliphatic heterocycles. The Hall–Kier alpha value is -1.22. The second-order valence-corrected chi connectivity index (χ2v) is 3.77. The van der Waals surface area contributed by atoms with Crippen LogP contribution in [0.15, 0.2) is 24.3 Å². The van der Waals surface area contributed by atoms with Crippen molar-refractivity contribution < 1.29 is 9.53 Å². The van der Waals surface area contributed by atoms with E-state index in [0.717, 1.165) is 5.69 Å². The molecular weight excluding hydrogens is 214 g/mol. The van der Waals surface area contributed by atoms with Crippen LogP contribution in [0.2, 0.25) is 5.02 Å². The summed E-state index contributed by atoms with van der Waals surface area (Å²) in [5, 5.41) is 3.87. The molecule has 0 unspecified atom stereocenters. The van der Waals surface area contributed by atoms with Crippen molar-refractivity contribution in [1.29, 1.82) is 0 Å². The van der Waals surface area contributed by atoms with E-state index in [2.05, 4.69) is 10.1 Å². The molecule has 0 saturated heterocycles. The van der Waals surface area contributed by atoms with Crippen LogP contribution in [-0.4, -0.2) is 19.1 Å². The second-order valence-electron chi connectivity index (χ2n) is 3.33. The molecule has 1 rings (SSSR count). The van der Waals surface area contributed by atoms with Crippen molar-refractivity contribution in [2.45, 2.75) is 19.4 Å². The van der Waals surface area contributed by atoms with Crippen LogP contribution in [0.25, 0.3) is 0 Å². The van der Waals surface area contributed by atoms with Crippen molar-refractivity contribution in [2.75, 3.05) is 12.4 Å². The van der Waals surface area contributed by atoms with E-state index >= 15 is 0 Å². The lowest BCUT2D eigenvalue weighted by Crippen LogP contribution is -2.20. The van der Waals surface area contributed by atoms with Crippen LogP contribution in [0, 0.1) is 0 Å². The fraction of sp³-hybridized carbons (Fsp3) is 0.364. The van der Waals surface area contributed by atoms with Crippen LogP contribution in [0.3, 0.4) is 0 Å². The number of nitrogens with one attached hydrogen (secondary N) is 1. The number of anilines is 1. The first-order valence-corrected chi connectivity index (χ1v) is 5.08. The third kappa shape index (κ3) is 4.21. The summed E-state index contributed by atoms with van der Waals surface area (Å²) in [4.78, 5) is 11.0. The first-order valence-electron chi connectivity index (χ1n) is 4.70. The molecule has 1 N–H and O–H groups in total. The van der Waals surface area contributed by atoms with Gasteiger partial charge in [-0.25, -0.2) is 0 Å². The van der Waals surface area contributed by atoms with Gasteiger partial charge in [-0.3, -0.25) is 4.79 Å². The van der Waals surface area contributed by atoms with Crippen molar-refractivity contribution >= 4 is 23.3 Å². The van der Waals surface area contributed by atoms with Gasteiger partial charge in [0.1, 0.15) is 0 Å². The van der Waals surface area contributed by atoms with E-state index < -0.39 is 0 Å². The number of methoxy groups -OCH3 is 1. The third-order valence-electron chi connectivity index (χ3n) is 1.96. The molecule has 0 heterocycles. The summed E-state index contributed by atoms with van der Waals surface area (Å²) in [5.41, 5.74) is 0.941. The molecule has 0 aromatic heterocycles. The van der Waals surface area contributed by atoms with Gasteiger partial charge in [0.2, 0.25) is 0 Å². The van der Waals surface area contributed by atoms with E-state index in [1.807, 2.05) is 19.1 Å². The first-order chi connectivity index (χ1) is 7.11. The van der Waals surface area contributed by atoms with E-state index in [9.17, 15) is 4.79 Å². The van der Waals surface area contributed by atoms with Gasteiger partial charge >= 0.3 is 5.97 Å². The normalized spacial score (nSPS) is 11.9. The minimum Gasteiger partial charge on any atom is -0.469 e. The molecule has 0 aliphatic rings. The largest absolute Gasteiger partial charge is 0.469 e. The van der Waals surface area contributed by atoms with Gasteiger partial charge in [-0.1, -0.05) is 11.6 Å². The van der Waals surface area contributed by atoms with Gasteiger partial charge in [-0.2, -0.15) is 0 Å². The Kier molecular flexibility index (Phi) is 4.43. The highest BCUT2D eigenvalue weighted by Crippen LogP contribution is 2.14. The Bertz CT molecular complexity index is 324. The molecule has 15 heavy (non-hydrogen) atoms. The quantitative estimate of drug-likeness (QED) is 0.804. The number of ether oxygens (including phenoxy) is 1. The number of carbonyl (C=O) groups is 1. The number of esters is 1. The summed E-state index contributed by atoms with van der Waals surface area (Å²) in [6.45, 7) is 1.92. The zero-order valence-electron chi connectivity index (χ0n) is 8.79. The summed E-state index contributed by atoms with van der Waals surface area (Å²) >= 11 is 5.75. The Balaban J connectivity index is 2.47. The van der Waals surface area contributed by atoms with Crippen molar-refractivity contribution in [1.82, 2.24) is 0 Å². The van der Waals surface area contributed by atoms with Gasteiger partial charge in [0.05, 0.1) is 13.5 Å². The monoisotopic (exact) mass is 227 g/mol. The highest BCUT2D eigenvalue weighted by molar-refractivity contribution is 6.30. The lowest BCUT2D eigenvalue weighted by molar-refractivity contribution is -0.140. The smallest absolute Gasteiger partial charge is 0.307 e. The number of hydrogen-bond acceptors (Lipinski definition) is 3. The van der Waals surface area contributed by atoms with Gasteiger partial charge < -0.3 is 10.1 Å². The lowest BCUT2D eigenvalue weighted by atomic mass is 10.2. The summed E-state index contributed by atoms with van der Waals surface area (Å²) < 4.78 is 4.58. The molecule has 82 valence electrons. The Morgan fingerprint density at radius 1 is 1.47 bits per heavy atom. The van der Waals surface area contributed by atoms with Crippen LogP contribution in [0.1, 0.15) is 13.3 Å². The first kappa shape index (κ1) is 11.9. The second kappa shape index (κ2) is 5.61. The van der Waals surface area contributed by atoms with Gasteiger partial charge in [0.25, 0.3) is 0 Å². The zero-order valence-corrected chi connectivity index (χ0v) is 9.54. The summed E-state index contributed by atoms with van der Waals surface area (Å²) in [5.74, 6) is -0.219. The highest BCUT2D eigenvalue weighted by Gasteiger charge is 2.08. The minimum atomic E-state index is -0.219. The highest BCUT2D eigenvalue weighted by atomic mass is 35.5. The molecule has 1 atom stereocenters. The number of rotatable bonds is 4. The Labute approximate surface area is 94.4 Å². The van der Waals surface area contributed by atoms with Gasteiger partial charge in [0.15, 0.2) is 0 Å². The predicted molar refractivity (Wildman–Crippen MR) is 61.2 cm³/mol. The summed E-state index contributed by atoms with van der Waals surface area (Å²) in [7, 11) is 1.39. The lowest BCUT2D eigenvalue weighted by Gasteiger charge is -2.13. The minimum absolute atomic E-state index is 0.0404. The van der Waals surface area contributed by atoms with Crippen LogP contribution in [0.4, 0.5) is 5.69 Å². The molecule has 0 saturated carbocycles. The number of benzene rings is 1. The maximum absolute atomic E-state index is 11.0. The van der Waals surface area contributed by atoms with Crippen LogP contribution >= 0.6 is 11.6 Å². The predicted octanol–water partition coefficient (Wildman–Crippen LogP) is 2.70. The Morgan fingerprint density at radius 2 is 2.07 bits per heavy atom. The van der Waals surface area contributed by atoms with Crippen LogP contribution in [-0.2, 0) is 9.53 Å². The standard InChI is InChI=1S/C11H14ClNO2/c1-8(7-11(14)15-2)13-10-5-3-9(12)4-6-10/h3-6,8,13H,7H2,1-2H3/t8-/m0/s1. The van der Waals surface area contributed by atoms with E-state index in [-0.39, 0.29) is 12.0 Å². The summed E-state index contributed by atoms with van der Waals surface area (Å²) in [6.07, 6.45) is 0.346. The van der Waals surface area contributed by atoms with Crippen LogP contribution < -0.4 is 5.32 Å². The molecule has 0 spiro atoms. The van der Waals surface area contributed by atoms with Crippen LogP contribution in [0.5, 0.6) is 0 Å². The fourth-order valence-electron chi connectivity index (χ4n) is 1.21. The maximum atomic E-state index is 11.0. The molecular formula is C11H14ClNO2. The number of halogens is 1. The van der Waals surface area contributed by atoms with Crippen molar-refractivity contribution in [3.8, 4) is 0 Å². The molecule has 3 nitrogen and oxygen atoms in total. The third-order valence-corrected chi connectivity index (χ3v) is 2.21. The molecule has 0 fully saturated rings. The SMILES string of the molecule is COC(=O)C[C@H](C)Nc1ccc(Cl)cc1. The van der Waals surface area contributed by atoms with Gasteiger partial charge in [0, 0.05) is 16.8 Å². The van der Waals surface area contributed by atoms with E-state index in [4.69, 9.17) is 11.6 Å². The average Bonchev–Trinajstić information content (AvgIpc) is 2.21. The van der Waals surface area contributed by atoms with E-state index in [1.165, 1.54) is 7.11 Å². The molecule has 0 bridgehead atoms. The van der Waals surface area contributed by atoms with Gasteiger partial charge in [-0.15, -0.1) is 0 Å².